The molecule has 5 nitrogen and oxygen atoms in total. The number of carbonyl (C=O) groups excluding carboxylic acids is 1. The normalized spacial score (nSPS) is 21.7. The van der Waals surface area contributed by atoms with Crippen molar-refractivity contribution in [3.63, 3.8) is 0 Å². The molecule has 0 spiro atoms. The number of hydrogen-bond donors (Lipinski definition) is 2. The van der Waals surface area contributed by atoms with Gasteiger partial charge in [0.25, 0.3) is 5.91 Å². The second-order valence-electron chi connectivity index (χ2n) is 3.93. The monoisotopic (exact) mass is 209 g/mol. The fourth-order valence-electron chi connectivity index (χ4n) is 1.95. The van der Waals surface area contributed by atoms with Crippen molar-refractivity contribution < 1.29 is 9.90 Å². The fourth-order valence-corrected chi connectivity index (χ4v) is 1.95. The molecule has 82 valence electrons. The zero-order chi connectivity index (χ0) is 10.7. The van der Waals surface area contributed by atoms with Gasteiger partial charge in [-0.05, 0) is 18.8 Å². The molecule has 0 unspecified atom stereocenters. The maximum Gasteiger partial charge on any atom is 0.257 e. The van der Waals surface area contributed by atoms with Crippen LogP contribution in [0.25, 0.3) is 0 Å². The molecule has 0 bridgehead atoms. The number of nitrogens with one attached hydrogen (secondary N) is 1. The minimum atomic E-state index is 0.00176. The van der Waals surface area contributed by atoms with Crippen LogP contribution in [0, 0.1) is 5.92 Å². The Balaban J connectivity index is 2.01. The van der Waals surface area contributed by atoms with E-state index in [1.54, 1.807) is 11.1 Å². The molecule has 1 aromatic heterocycles. The van der Waals surface area contributed by atoms with Gasteiger partial charge in [-0.2, -0.15) is 5.10 Å². The molecule has 1 atom stereocenters. The lowest BCUT2D eigenvalue weighted by atomic mass is 9.98. The summed E-state index contributed by atoms with van der Waals surface area (Å²) in [6.45, 7) is 1.59. The summed E-state index contributed by atoms with van der Waals surface area (Å²) in [7, 11) is 0. The number of amides is 1. The first kappa shape index (κ1) is 10.2. The van der Waals surface area contributed by atoms with Crippen LogP contribution in [-0.4, -0.2) is 45.8 Å². The fraction of sp³-hybridized carbons (Fsp3) is 0.600. The number of aromatic amines is 1. The molecule has 2 rings (SSSR count). The third-order valence-corrected chi connectivity index (χ3v) is 2.81. The minimum absolute atomic E-state index is 0.00176. The smallest absolute Gasteiger partial charge is 0.257 e. The molecule has 0 aromatic carbocycles. The van der Waals surface area contributed by atoms with Crippen LogP contribution in [-0.2, 0) is 0 Å². The van der Waals surface area contributed by atoms with Crippen molar-refractivity contribution in [2.45, 2.75) is 12.8 Å². The van der Waals surface area contributed by atoms with Crippen molar-refractivity contribution in [2.75, 3.05) is 19.7 Å². The summed E-state index contributed by atoms with van der Waals surface area (Å²) in [4.78, 5) is 13.7. The van der Waals surface area contributed by atoms with Crippen LogP contribution in [0.3, 0.4) is 0 Å². The molecule has 1 fully saturated rings. The van der Waals surface area contributed by atoms with Gasteiger partial charge in [0.1, 0.15) is 0 Å². The van der Waals surface area contributed by atoms with Crippen LogP contribution in [0.5, 0.6) is 0 Å². The third kappa shape index (κ3) is 2.18. The molecule has 1 aromatic rings. The lowest BCUT2D eigenvalue weighted by molar-refractivity contribution is 0.0621. The summed E-state index contributed by atoms with van der Waals surface area (Å²) in [6, 6.07) is 0. The van der Waals surface area contributed by atoms with Crippen LogP contribution in [0.15, 0.2) is 12.4 Å². The first-order chi connectivity index (χ1) is 7.31. The van der Waals surface area contributed by atoms with E-state index in [1.165, 1.54) is 6.20 Å². The van der Waals surface area contributed by atoms with Gasteiger partial charge in [-0.3, -0.25) is 9.89 Å². The Morgan fingerprint density at radius 3 is 3.27 bits per heavy atom. The highest BCUT2D eigenvalue weighted by Crippen LogP contribution is 2.17. The number of likely N-dealkylation sites (tertiary alicyclic amines) is 1. The molecule has 0 radical (unpaired) electrons. The van der Waals surface area contributed by atoms with E-state index in [0.29, 0.717) is 12.1 Å². The van der Waals surface area contributed by atoms with Crippen molar-refractivity contribution in [1.29, 1.82) is 0 Å². The molecule has 5 heteroatoms. The van der Waals surface area contributed by atoms with E-state index >= 15 is 0 Å². The van der Waals surface area contributed by atoms with Gasteiger partial charge >= 0.3 is 0 Å². The van der Waals surface area contributed by atoms with Crippen molar-refractivity contribution in [3.8, 4) is 0 Å². The lowest BCUT2D eigenvalue weighted by Crippen LogP contribution is -2.40. The number of aliphatic hydroxyl groups is 1. The quantitative estimate of drug-likeness (QED) is 0.733. The summed E-state index contributed by atoms with van der Waals surface area (Å²) < 4.78 is 0. The molecule has 2 N–H and O–H groups in total. The van der Waals surface area contributed by atoms with Crippen LogP contribution < -0.4 is 0 Å². The summed E-state index contributed by atoms with van der Waals surface area (Å²) in [5, 5.41) is 15.4. The molecule has 1 amide bonds. The molecule has 1 saturated heterocycles. The number of rotatable bonds is 2. The van der Waals surface area contributed by atoms with Gasteiger partial charge in [0.15, 0.2) is 0 Å². The van der Waals surface area contributed by atoms with Crippen molar-refractivity contribution in [3.05, 3.63) is 18.0 Å². The number of hydrogen-bond acceptors (Lipinski definition) is 3. The van der Waals surface area contributed by atoms with Crippen molar-refractivity contribution in [2.24, 2.45) is 5.92 Å². The van der Waals surface area contributed by atoms with Crippen LogP contribution in [0.4, 0.5) is 0 Å². The lowest BCUT2D eigenvalue weighted by Gasteiger charge is -2.31. The Morgan fingerprint density at radius 1 is 1.73 bits per heavy atom. The summed E-state index contributed by atoms with van der Waals surface area (Å²) in [5.74, 6) is 0.233. The first-order valence-electron chi connectivity index (χ1n) is 5.20. The van der Waals surface area contributed by atoms with Crippen molar-refractivity contribution in [1.82, 2.24) is 15.1 Å². The van der Waals surface area contributed by atoms with Gasteiger partial charge in [-0.25, -0.2) is 0 Å². The average Bonchev–Trinajstić information content (AvgIpc) is 2.81. The Kier molecular flexibility index (Phi) is 3.01. The van der Waals surface area contributed by atoms with E-state index in [0.717, 1.165) is 19.4 Å². The predicted molar refractivity (Wildman–Crippen MR) is 54.3 cm³/mol. The molecular weight excluding hydrogens is 194 g/mol. The Morgan fingerprint density at radius 2 is 2.60 bits per heavy atom. The maximum atomic E-state index is 11.9. The van der Waals surface area contributed by atoms with Gasteiger partial charge in [-0.1, -0.05) is 0 Å². The molecular formula is C10H15N3O2. The van der Waals surface area contributed by atoms with E-state index in [1.807, 2.05) is 0 Å². The average molecular weight is 209 g/mol. The zero-order valence-electron chi connectivity index (χ0n) is 8.52. The molecule has 0 saturated carbocycles. The highest BCUT2D eigenvalue weighted by atomic mass is 16.3. The van der Waals surface area contributed by atoms with Crippen LogP contribution >= 0.6 is 0 Å². The number of nitrogens with zero attached hydrogens (tertiary/aromatic N) is 2. The van der Waals surface area contributed by atoms with Gasteiger partial charge in [0.2, 0.25) is 0 Å². The van der Waals surface area contributed by atoms with E-state index in [4.69, 9.17) is 5.11 Å². The number of aliphatic hydroxyl groups excluding tert-OH is 1. The number of carbonyl (C=O) groups is 1. The molecule has 0 aliphatic carbocycles. The first-order valence-corrected chi connectivity index (χ1v) is 5.20. The molecule has 15 heavy (non-hydrogen) atoms. The highest BCUT2D eigenvalue weighted by molar-refractivity contribution is 5.93. The Labute approximate surface area is 88.1 Å². The minimum Gasteiger partial charge on any atom is -0.396 e. The zero-order valence-corrected chi connectivity index (χ0v) is 8.52. The highest BCUT2D eigenvalue weighted by Gasteiger charge is 2.24. The van der Waals surface area contributed by atoms with E-state index in [9.17, 15) is 4.79 Å². The summed E-state index contributed by atoms with van der Waals surface area (Å²) in [5.41, 5.74) is 0.591. The Bertz CT molecular complexity index is 323. The Hall–Kier alpha value is -1.36. The van der Waals surface area contributed by atoms with E-state index in [2.05, 4.69) is 10.2 Å². The number of aromatic nitrogens is 2. The van der Waals surface area contributed by atoms with Gasteiger partial charge in [0.05, 0.1) is 11.8 Å². The summed E-state index contributed by atoms with van der Waals surface area (Å²) in [6.07, 6.45) is 5.11. The molecule has 1 aliphatic rings. The van der Waals surface area contributed by atoms with Crippen molar-refractivity contribution >= 4 is 5.91 Å². The van der Waals surface area contributed by atoms with Gasteiger partial charge in [0, 0.05) is 25.9 Å². The standard InChI is InChI=1S/C10H15N3O2/c14-7-8-2-1-3-13(6-8)10(15)9-4-11-12-5-9/h4-5,8,14H,1-3,6-7H2,(H,11,12)/t8-/m1/s1. The topological polar surface area (TPSA) is 69.2 Å². The van der Waals surface area contributed by atoms with Gasteiger partial charge < -0.3 is 10.0 Å². The van der Waals surface area contributed by atoms with E-state index in [-0.39, 0.29) is 18.4 Å². The second kappa shape index (κ2) is 4.44. The SMILES string of the molecule is O=C(c1cn[nH]c1)N1CCC[C@@H](CO)C1. The van der Waals surface area contributed by atoms with E-state index < -0.39 is 0 Å². The number of H-pyrrole nitrogens is 1. The largest absolute Gasteiger partial charge is 0.396 e. The summed E-state index contributed by atoms with van der Waals surface area (Å²) >= 11 is 0. The molecule has 2 heterocycles. The maximum absolute atomic E-state index is 11.9. The van der Waals surface area contributed by atoms with Crippen LogP contribution in [0.1, 0.15) is 23.2 Å². The predicted octanol–water partition coefficient (Wildman–Crippen LogP) is 0.254. The van der Waals surface area contributed by atoms with Crippen LogP contribution in [0.2, 0.25) is 0 Å². The molecule has 1 aliphatic heterocycles. The van der Waals surface area contributed by atoms with Gasteiger partial charge in [-0.15, -0.1) is 0 Å². The second-order valence-corrected chi connectivity index (χ2v) is 3.93. The third-order valence-electron chi connectivity index (χ3n) is 2.81. The number of piperidine rings is 1.